The number of aryl methyl sites for hydroxylation is 1. The van der Waals surface area contributed by atoms with Crippen LogP contribution in [0.15, 0.2) is 89.9 Å². The molecule has 1 aliphatic rings. The summed E-state index contributed by atoms with van der Waals surface area (Å²) in [7, 11) is 0. The molecule has 4 aromatic carbocycles. The van der Waals surface area contributed by atoms with Crippen molar-refractivity contribution in [2.75, 3.05) is 11.4 Å². The number of carbonyl (C=O) groups excluding carboxylic acids is 1. The van der Waals surface area contributed by atoms with Gasteiger partial charge in [0.2, 0.25) is 0 Å². The van der Waals surface area contributed by atoms with Crippen LogP contribution in [0.3, 0.4) is 0 Å². The molecule has 5 rings (SSSR count). The first-order valence-electron chi connectivity index (χ1n) is 9.83. The normalized spacial score (nSPS) is 13.7. The van der Waals surface area contributed by atoms with Crippen LogP contribution < -0.4 is 4.90 Å². The molecule has 146 valence electrons. The van der Waals surface area contributed by atoms with Crippen LogP contribution in [0.5, 0.6) is 0 Å². The number of hydrogen-bond acceptors (Lipinski definition) is 2. The Hall–Kier alpha value is -3.43. The van der Waals surface area contributed by atoms with Gasteiger partial charge in [-0.2, -0.15) is 0 Å². The topological polar surface area (TPSA) is 32.7 Å². The molecular formula is C26H19ClN2O. The molecule has 0 aliphatic carbocycles. The number of aliphatic imine (C=N–C) groups is 1. The SMILES string of the molecule is Cc1ccc(C2=NCC(=O)N(c3ccc4ccccc4c3)c3ccc(Cl)cc32)cc1. The average Bonchev–Trinajstić information content (AvgIpc) is 2.90. The van der Waals surface area contributed by atoms with Crippen molar-refractivity contribution < 1.29 is 4.79 Å². The number of rotatable bonds is 2. The van der Waals surface area contributed by atoms with Gasteiger partial charge < -0.3 is 0 Å². The third-order valence-corrected chi connectivity index (χ3v) is 5.63. The van der Waals surface area contributed by atoms with Gasteiger partial charge in [0, 0.05) is 21.8 Å². The van der Waals surface area contributed by atoms with Gasteiger partial charge in [-0.1, -0.05) is 71.8 Å². The molecule has 0 fully saturated rings. The summed E-state index contributed by atoms with van der Waals surface area (Å²) < 4.78 is 0. The zero-order valence-electron chi connectivity index (χ0n) is 16.5. The smallest absolute Gasteiger partial charge is 0.253 e. The quantitative estimate of drug-likeness (QED) is 0.380. The molecule has 30 heavy (non-hydrogen) atoms. The van der Waals surface area contributed by atoms with Crippen molar-refractivity contribution in [1.82, 2.24) is 0 Å². The number of benzene rings is 4. The molecule has 0 N–H and O–H groups in total. The highest BCUT2D eigenvalue weighted by molar-refractivity contribution is 6.32. The second-order valence-corrected chi connectivity index (χ2v) is 7.89. The van der Waals surface area contributed by atoms with Crippen molar-refractivity contribution >= 4 is 45.4 Å². The van der Waals surface area contributed by atoms with Crippen molar-refractivity contribution in [3.8, 4) is 0 Å². The highest BCUT2D eigenvalue weighted by atomic mass is 35.5. The van der Waals surface area contributed by atoms with Crippen LogP contribution >= 0.6 is 11.6 Å². The molecule has 0 radical (unpaired) electrons. The monoisotopic (exact) mass is 410 g/mol. The lowest BCUT2D eigenvalue weighted by Crippen LogP contribution is -2.27. The lowest BCUT2D eigenvalue weighted by Gasteiger charge is -2.24. The van der Waals surface area contributed by atoms with Gasteiger partial charge in [-0.25, -0.2) is 0 Å². The van der Waals surface area contributed by atoms with E-state index in [1.54, 1.807) is 4.90 Å². The van der Waals surface area contributed by atoms with Crippen LogP contribution in [0.4, 0.5) is 11.4 Å². The predicted molar refractivity (Wildman–Crippen MR) is 124 cm³/mol. The van der Waals surface area contributed by atoms with E-state index in [9.17, 15) is 4.79 Å². The highest BCUT2D eigenvalue weighted by Gasteiger charge is 2.26. The fraction of sp³-hybridized carbons (Fsp3) is 0.0769. The van der Waals surface area contributed by atoms with E-state index >= 15 is 0 Å². The van der Waals surface area contributed by atoms with Crippen LogP contribution in [0.1, 0.15) is 16.7 Å². The maximum Gasteiger partial charge on any atom is 0.253 e. The van der Waals surface area contributed by atoms with Crippen LogP contribution in [-0.4, -0.2) is 18.2 Å². The molecule has 0 unspecified atom stereocenters. The first-order valence-corrected chi connectivity index (χ1v) is 10.2. The summed E-state index contributed by atoms with van der Waals surface area (Å²) in [6, 6.07) is 28.0. The van der Waals surface area contributed by atoms with Gasteiger partial charge >= 0.3 is 0 Å². The number of amides is 1. The van der Waals surface area contributed by atoms with E-state index in [0.717, 1.165) is 39.0 Å². The lowest BCUT2D eigenvalue weighted by molar-refractivity contribution is -0.116. The molecular weight excluding hydrogens is 392 g/mol. The minimum absolute atomic E-state index is 0.0718. The van der Waals surface area contributed by atoms with Crippen LogP contribution in [-0.2, 0) is 4.79 Å². The lowest BCUT2D eigenvalue weighted by atomic mass is 9.99. The second-order valence-electron chi connectivity index (χ2n) is 7.45. The van der Waals surface area contributed by atoms with E-state index in [2.05, 4.69) is 31.2 Å². The molecule has 0 bridgehead atoms. The second kappa shape index (κ2) is 7.43. The summed E-state index contributed by atoms with van der Waals surface area (Å²) in [4.78, 5) is 19.7. The molecule has 4 heteroatoms. The molecule has 0 aromatic heterocycles. The van der Waals surface area contributed by atoms with E-state index in [-0.39, 0.29) is 12.5 Å². The van der Waals surface area contributed by atoms with Crippen molar-refractivity contribution in [3.05, 3.63) is 107 Å². The minimum atomic E-state index is -0.0732. The zero-order chi connectivity index (χ0) is 20.7. The Labute approximate surface area is 180 Å². The fourth-order valence-corrected chi connectivity index (χ4v) is 4.06. The molecule has 0 atom stereocenters. The minimum Gasteiger partial charge on any atom is -0.279 e. The van der Waals surface area contributed by atoms with E-state index in [1.165, 1.54) is 5.56 Å². The van der Waals surface area contributed by atoms with Crippen LogP contribution in [0.2, 0.25) is 5.02 Å². The number of fused-ring (bicyclic) bond motifs is 2. The summed E-state index contributed by atoms with van der Waals surface area (Å²) >= 11 is 6.36. The summed E-state index contributed by atoms with van der Waals surface area (Å²) in [5.41, 5.74) is 5.39. The first kappa shape index (κ1) is 18.6. The third-order valence-electron chi connectivity index (χ3n) is 5.39. The summed E-state index contributed by atoms with van der Waals surface area (Å²) in [6.07, 6.45) is 0. The molecule has 1 aliphatic heterocycles. The summed E-state index contributed by atoms with van der Waals surface area (Å²) in [6.45, 7) is 2.12. The van der Waals surface area contributed by atoms with Gasteiger partial charge in [-0.3, -0.25) is 14.7 Å². The van der Waals surface area contributed by atoms with Gasteiger partial charge in [0.1, 0.15) is 6.54 Å². The molecule has 1 amide bonds. The van der Waals surface area contributed by atoms with Gasteiger partial charge in [0.25, 0.3) is 5.91 Å². The van der Waals surface area contributed by atoms with Crippen LogP contribution in [0, 0.1) is 6.92 Å². The number of hydrogen-bond donors (Lipinski definition) is 0. The van der Waals surface area contributed by atoms with E-state index in [1.807, 2.05) is 60.7 Å². The van der Waals surface area contributed by atoms with E-state index < -0.39 is 0 Å². The van der Waals surface area contributed by atoms with Gasteiger partial charge in [-0.05, 0) is 48.0 Å². The molecule has 1 heterocycles. The van der Waals surface area contributed by atoms with Gasteiger partial charge in [0.15, 0.2) is 0 Å². The Balaban J connectivity index is 1.70. The summed E-state index contributed by atoms with van der Waals surface area (Å²) in [5.74, 6) is -0.0732. The van der Waals surface area contributed by atoms with Crippen molar-refractivity contribution in [1.29, 1.82) is 0 Å². The predicted octanol–water partition coefficient (Wildman–Crippen LogP) is 6.32. The molecule has 0 spiro atoms. The number of benzodiazepines with no additional fused rings is 1. The molecule has 3 nitrogen and oxygen atoms in total. The highest BCUT2D eigenvalue weighted by Crippen LogP contribution is 2.35. The Kier molecular flexibility index (Phi) is 4.61. The number of nitrogens with zero attached hydrogens (tertiary/aromatic N) is 2. The van der Waals surface area contributed by atoms with Crippen LogP contribution in [0.25, 0.3) is 10.8 Å². The van der Waals surface area contributed by atoms with Crippen molar-refractivity contribution in [2.45, 2.75) is 6.92 Å². The molecule has 0 saturated carbocycles. The Morgan fingerprint density at radius 1 is 0.867 bits per heavy atom. The Bertz CT molecular complexity index is 1310. The number of halogens is 1. The molecule has 4 aromatic rings. The Morgan fingerprint density at radius 2 is 1.63 bits per heavy atom. The van der Waals surface area contributed by atoms with Crippen molar-refractivity contribution in [2.24, 2.45) is 4.99 Å². The average molecular weight is 411 g/mol. The van der Waals surface area contributed by atoms with Crippen molar-refractivity contribution in [3.63, 3.8) is 0 Å². The maximum atomic E-state index is 13.2. The zero-order valence-corrected chi connectivity index (χ0v) is 17.2. The van der Waals surface area contributed by atoms with Gasteiger partial charge in [0.05, 0.1) is 11.4 Å². The van der Waals surface area contributed by atoms with E-state index in [4.69, 9.17) is 16.6 Å². The standard InChI is InChI=1S/C26H19ClN2O/c1-17-6-8-19(9-7-17)26-23-15-21(27)11-13-24(23)29(25(30)16-28-26)22-12-10-18-4-2-3-5-20(18)14-22/h2-15H,16H2,1H3. The fourth-order valence-electron chi connectivity index (χ4n) is 3.89. The largest absolute Gasteiger partial charge is 0.279 e. The first-order chi connectivity index (χ1) is 14.6. The number of carbonyl (C=O) groups is 1. The van der Waals surface area contributed by atoms with E-state index in [0.29, 0.717) is 5.02 Å². The Morgan fingerprint density at radius 3 is 2.43 bits per heavy atom. The maximum absolute atomic E-state index is 13.2. The summed E-state index contributed by atoms with van der Waals surface area (Å²) in [5, 5.41) is 2.83. The number of anilines is 2. The molecule has 0 saturated heterocycles. The third kappa shape index (κ3) is 3.27. The van der Waals surface area contributed by atoms with Gasteiger partial charge in [-0.15, -0.1) is 0 Å².